The van der Waals surface area contributed by atoms with Crippen molar-refractivity contribution in [1.29, 1.82) is 0 Å². The third kappa shape index (κ3) is 5.94. The number of rotatable bonds is 8. The van der Waals surface area contributed by atoms with E-state index in [4.69, 9.17) is 0 Å². The molecule has 0 unspecified atom stereocenters. The summed E-state index contributed by atoms with van der Waals surface area (Å²) < 4.78 is 0. The Bertz CT molecular complexity index is 844. The van der Waals surface area contributed by atoms with E-state index in [1.54, 1.807) is 4.90 Å². The van der Waals surface area contributed by atoms with Crippen molar-refractivity contribution < 1.29 is 9.59 Å². The van der Waals surface area contributed by atoms with E-state index in [1.165, 1.54) is 6.92 Å². The molecule has 0 spiro atoms. The molecule has 0 aromatic heterocycles. The molecule has 0 aliphatic rings. The van der Waals surface area contributed by atoms with E-state index in [0.717, 1.165) is 22.4 Å². The van der Waals surface area contributed by atoms with E-state index in [9.17, 15) is 9.59 Å². The number of nitrogens with one attached hydrogen (secondary N) is 1. The molecule has 0 aliphatic heterocycles. The Morgan fingerprint density at radius 2 is 1.43 bits per heavy atom. The number of hydrogen-bond donors (Lipinski definition) is 1. The van der Waals surface area contributed by atoms with E-state index in [-0.39, 0.29) is 30.2 Å². The Balaban J connectivity index is 2.25. The summed E-state index contributed by atoms with van der Waals surface area (Å²) in [4.78, 5) is 27.2. The quantitative estimate of drug-likeness (QED) is 0.605. The van der Waals surface area contributed by atoms with Crippen LogP contribution in [0.3, 0.4) is 0 Å². The van der Waals surface area contributed by atoms with Crippen molar-refractivity contribution in [3.63, 3.8) is 0 Å². The first-order chi connectivity index (χ1) is 14.0. The maximum Gasteiger partial charge on any atom is 0.244 e. The Hall–Kier alpha value is -2.62. The topological polar surface area (TPSA) is 49.4 Å². The highest BCUT2D eigenvalue weighted by Crippen LogP contribution is 2.32. The van der Waals surface area contributed by atoms with Gasteiger partial charge in [0, 0.05) is 18.2 Å². The highest BCUT2D eigenvalue weighted by molar-refractivity contribution is 5.96. The Morgan fingerprint density at radius 3 is 1.90 bits per heavy atom. The molecule has 2 rings (SSSR count). The average Bonchev–Trinajstić information content (AvgIpc) is 2.66. The van der Waals surface area contributed by atoms with Crippen molar-refractivity contribution in [3.05, 3.63) is 65.2 Å². The van der Waals surface area contributed by atoms with Crippen molar-refractivity contribution >= 4 is 17.5 Å². The molecule has 4 nitrogen and oxygen atoms in total. The van der Waals surface area contributed by atoms with Gasteiger partial charge in [0.05, 0.1) is 0 Å². The Kier molecular flexibility index (Phi) is 7.83. The molecule has 0 fully saturated rings. The van der Waals surface area contributed by atoms with E-state index in [0.29, 0.717) is 6.42 Å². The minimum Gasteiger partial charge on any atom is -0.328 e. The molecular weight excluding hydrogens is 372 g/mol. The number of nitrogens with zero attached hydrogens (tertiary/aromatic N) is 1. The highest BCUT2D eigenvalue weighted by atomic mass is 16.2. The second kappa shape index (κ2) is 9.92. The molecule has 4 heteroatoms. The van der Waals surface area contributed by atoms with Gasteiger partial charge in [0.2, 0.25) is 11.8 Å². The predicted molar refractivity (Wildman–Crippen MR) is 125 cm³/mol. The summed E-state index contributed by atoms with van der Waals surface area (Å²) in [5.74, 6) is 0.309. The van der Waals surface area contributed by atoms with Crippen LogP contribution in [0.1, 0.15) is 77.0 Å². The molecule has 0 heterocycles. The van der Waals surface area contributed by atoms with Crippen molar-refractivity contribution in [2.75, 3.05) is 11.9 Å². The van der Waals surface area contributed by atoms with Gasteiger partial charge in [-0.25, -0.2) is 0 Å². The molecular formula is C26H36N2O2. The van der Waals surface area contributed by atoms with Gasteiger partial charge in [-0.3, -0.25) is 9.59 Å². The molecule has 162 valence electrons. The smallest absolute Gasteiger partial charge is 0.244 e. The lowest BCUT2D eigenvalue weighted by Crippen LogP contribution is -2.51. The summed E-state index contributed by atoms with van der Waals surface area (Å²) >= 11 is 0. The minimum absolute atomic E-state index is 0.0269. The molecule has 2 amide bonds. The summed E-state index contributed by atoms with van der Waals surface area (Å²) in [5.41, 5.74) is 3.78. The number of hydrogen-bond acceptors (Lipinski definition) is 2. The zero-order chi connectivity index (χ0) is 22.5. The number of carbonyl (C=O) groups is 2. The fraction of sp³-hybridized carbons (Fsp3) is 0.462. The summed E-state index contributed by atoms with van der Waals surface area (Å²) in [6, 6.07) is 16.2. The molecule has 0 aliphatic carbocycles. The zero-order valence-electron chi connectivity index (χ0n) is 19.5. The van der Waals surface area contributed by atoms with Crippen molar-refractivity contribution in [2.24, 2.45) is 0 Å². The van der Waals surface area contributed by atoms with Crippen LogP contribution in [0.4, 0.5) is 5.69 Å². The Morgan fingerprint density at radius 1 is 0.900 bits per heavy atom. The molecule has 0 bridgehead atoms. The third-order valence-electron chi connectivity index (χ3n) is 5.53. The molecule has 0 atom stereocenters. The number of amides is 2. The van der Waals surface area contributed by atoms with Crippen LogP contribution in [-0.4, -0.2) is 28.8 Å². The van der Waals surface area contributed by atoms with Crippen molar-refractivity contribution in [2.45, 2.75) is 72.3 Å². The Labute approximate surface area is 181 Å². The normalized spacial score (nSPS) is 11.6. The van der Waals surface area contributed by atoms with E-state index in [1.807, 2.05) is 50.2 Å². The van der Waals surface area contributed by atoms with Crippen LogP contribution in [-0.2, 0) is 16.0 Å². The van der Waals surface area contributed by atoms with Crippen LogP contribution >= 0.6 is 0 Å². The van der Waals surface area contributed by atoms with Gasteiger partial charge in [0.25, 0.3) is 0 Å². The maximum atomic E-state index is 13.1. The first kappa shape index (κ1) is 23.7. The summed E-state index contributed by atoms with van der Waals surface area (Å²) in [7, 11) is 0. The molecule has 0 saturated carbocycles. The van der Waals surface area contributed by atoms with E-state index >= 15 is 0 Å². The van der Waals surface area contributed by atoms with Gasteiger partial charge >= 0.3 is 0 Å². The largest absolute Gasteiger partial charge is 0.328 e. The van der Waals surface area contributed by atoms with Crippen molar-refractivity contribution in [3.8, 4) is 0 Å². The zero-order valence-corrected chi connectivity index (χ0v) is 19.5. The van der Waals surface area contributed by atoms with Gasteiger partial charge in [0.15, 0.2) is 0 Å². The average molecular weight is 409 g/mol. The van der Waals surface area contributed by atoms with Gasteiger partial charge < -0.3 is 10.2 Å². The van der Waals surface area contributed by atoms with E-state index < -0.39 is 5.54 Å². The van der Waals surface area contributed by atoms with Crippen LogP contribution in [0.15, 0.2) is 48.5 Å². The second-order valence-corrected chi connectivity index (χ2v) is 9.25. The van der Waals surface area contributed by atoms with Crippen molar-refractivity contribution in [1.82, 2.24) is 4.90 Å². The van der Waals surface area contributed by atoms with Gasteiger partial charge in [-0.05, 0) is 48.8 Å². The molecule has 30 heavy (non-hydrogen) atoms. The maximum absolute atomic E-state index is 13.1. The predicted octanol–water partition coefficient (Wildman–Crippen LogP) is 5.74. The highest BCUT2D eigenvalue weighted by Gasteiger charge is 2.31. The summed E-state index contributed by atoms with van der Waals surface area (Å²) in [6.07, 6.45) is 0.681. The van der Waals surface area contributed by atoms with Crippen LogP contribution < -0.4 is 5.32 Å². The first-order valence-corrected chi connectivity index (χ1v) is 10.8. The van der Waals surface area contributed by atoms with E-state index in [2.05, 4.69) is 45.1 Å². The molecule has 1 N–H and O–H groups in total. The van der Waals surface area contributed by atoms with Gasteiger partial charge in [0.1, 0.15) is 6.54 Å². The molecule has 0 radical (unpaired) electrons. The summed E-state index contributed by atoms with van der Waals surface area (Å²) in [5, 5.41) is 3.13. The summed E-state index contributed by atoms with van der Waals surface area (Å²) in [6.45, 7) is 14.1. The van der Waals surface area contributed by atoms with Crippen LogP contribution in [0, 0.1) is 0 Å². The first-order valence-electron chi connectivity index (χ1n) is 10.8. The monoisotopic (exact) mass is 408 g/mol. The van der Waals surface area contributed by atoms with Crippen LogP contribution in [0.2, 0.25) is 0 Å². The lowest BCUT2D eigenvalue weighted by Gasteiger charge is -2.38. The lowest BCUT2D eigenvalue weighted by atomic mass is 9.92. The van der Waals surface area contributed by atoms with Gasteiger partial charge in [-0.1, -0.05) is 76.2 Å². The second-order valence-electron chi connectivity index (χ2n) is 9.25. The SMILES string of the molecule is CC(=O)N(CC(=O)Nc1c(C(C)C)cccc1C(C)C)C(C)(C)Cc1ccccc1. The lowest BCUT2D eigenvalue weighted by molar-refractivity contribution is -0.138. The number of para-hydroxylation sites is 1. The minimum atomic E-state index is -0.483. The fourth-order valence-electron chi connectivity index (χ4n) is 3.96. The molecule has 2 aromatic rings. The number of anilines is 1. The number of carbonyl (C=O) groups excluding carboxylic acids is 2. The third-order valence-corrected chi connectivity index (χ3v) is 5.53. The standard InChI is InChI=1S/C26H36N2O2/c1-18(2)22-14-11-15-23(19(3)4)25(22)27-24(30)17-28(20(5)29)26(6,7)16-21-12-9-8-10-13-21/h8-15,18-19H,16-17H2,1-7H3,(H,27,30). The van der Waals surface area contributed by atoms with Crippen LogP contribution in [0.5, 0.6) is 0 Å². The van der Waals surface area contributed by atoms with Gasteiger partial charge in [-0.2, -0.15) is 0 Å². The van der Waals surface area contributed by atoms with Gasteiger partial charge in [-0.15, -0.1) is 0 Å². The fourth-order valence-corrected chi connectivity index (χ4v) is 3.96. The number of benzene rings is 2. The molecule has 2 aromatic carbocycles. The van der Waals surface area contributed by atoms with Crippen LogP contribution in [0.25, 0.3) is 0 Å². The molecule has 0 saturated heterocycles.